The molecule has 0 amide bonds. The number of oxazole rings is 1. The van der Waals surface area contributed by atoms with Gasteiger partial charge in [-0.15, -0.1) is 0 Å². The Bertz CT molecular complexity index is 1140. The summed E-state index contributed by atoms with van der Waals surface area (Å²) in [4.78, 5) is 26.5. The molecule has 0 saturated heterocycles. The topological polar surface area (TPSA) is 138 Å². The van der Waals surface area contributed by atoms with Crippen LogP contribution in [0, 0.1) is 6.92 Å². The van der Waals surface area contributed by atoms with Crippen LogP contribution in [0.3, 0.4) is 0 Å². The Balaban J connectivity index is 0.000000143. The van der Waals surface area contributed by atoms with E-state index in [0.29, 0.717) is 22.5 Å². The summed E-state index contributed by atoms with van der Waals surface area (Å²) in [6, 6.07) is 9.63. The van der Waals surface area contributed by atoms with Crippen molar-refractivity contribution in [3.05, 3.63) is 63.0 Å². The number of aryl methyl sites for hydroxylation is 1. The van der Waals surface area contributed by atoms with Gasteiger partial charge >= 0.3 is 0 Å². The van der Waals surface area contributed by atoms with E-state index in [-0.39, 0.29) is 22.3 Å². The molecule has 0 spiro atoms. The number of aromatic nitrogens is 3. The van der Waals surface area contributed by atoms with Crippen LogP contribution in [0.4, 0.5) is 5.69 Å². The van der Waals surface area contributed by atoms with Crippen molar-refractivity contribution < 1.29 is 9.52 Å². The zero-order valence-corrected chi connectivity index (χ0v) is 12.7. The number of benzene rings is 2. The molecule has 8 nitrogen and oxygen atoms in total. The maximum absolute atomic E-state index is 11.2. The summed E-state index contributed by atoms with van der Waals surface area (Å²) in [5, 5.41) is 14.0. The van der Waals surface area contributed by atoms with Crippen LogP contribution in [0.2, 0.25) is 0 Å². The summed E-state index contributed by atoms with van der Waals surface area (Å²) in [5.41, 5.74) is 6.54. The number of hydrogen-bond acceptors (Lipinski definition) is 6. The van der Waals surface area contributed by atoms with E-state index >= 15 is 0 Å². The monoisotopic (exact) mass is 326 g/mol. The van der Waals surface area contributed by atoms with Crippen LogP contribution in [-0.4, -0.2) is 20.3 Å². The van der Waals surface area contributed by atoms with Crippen LogP contribution in [0.1, 0.15) is 5.89 Å². The molecular weight excluding hydrogens is 312 g/mol. The molecule has 0 unspecified atom stereocenters. The number of fused-ring (bicyclic) bond motifs is 2. The number of nitrogens with one attached hydrogen (secondary N) is 2. The second kappa shape index (κ2) is 5.92. The van der Waals surface area contributed by atoms with Gasteiger partial charge in [0.25, 0.3) is 11.1 Å². The van der Waals surface area contributed by atoms with Crippen molar-refractivity contribution in [2.75, 3.05) is 5.73 Å². The van der Waals surface area contributed by atoms with Crippen LogP contribution in [0.25, 0.3) is 21.9 Å². The van der Waals surface area contributed by atoms with Gasteiger partial charge in [-0.1, -0.05) is 6.07 Å². The van der Waals surface area contributed by atoms with E-state index in [2.05, 4.69) is 15.2 Å². The first kappa shape index (κ1) is 15.3. The first-order valence-corrected chi connectivity index (χ1v) is 7.01. The first-order chi connectivity index (χ1) is 11.5. The van der Waals surface area contributed by atoms with Gasteiger partial charge in [-0.25, -0.2) is 4.98 Å². The second-order valence-electron chi connectivity index (χ2n) is 5.06. The Morgan fingerprint density at radius 1 is 1.12 bits per heavy atom. The van der Waals surface area contributed by atoms with Gasteiger partial charge in [0.05, 0.1) is 10.8 Å². The highest BCUT2D eigenvalue weighted by molar-refractivity contribution is 5.91. The van der Waals surface area contributed by atoms with Gasteiger partial charge in [0.2, 0.25) is 0 Å². The van der Waals surface area contributed by atoms with Gasteiger partial charge in [-0.2, -0.15) is 0 Å². The van der Waals surface area contributed by atoms with E-state index in [1.165, 1.54) is 0 Å². The lowest BCUT2D eigenvalue weighted by molar-refractivity contribution is 0.474. The standard InChI is InChI=1S/C8H7N3O2.C8H7NO2/c9-5-3-1-2-4-6(5)8(13)11-10-7(4)12;1-5-9-7-3-2-6(10)4-8(7)11-5/h1-3H,9H2,(H,10,12)(H,11,13);2-4,10H,1H3. The Hall–Kier alpha value is -3.55. The summed E-state index contributed by atoms with van der Waals surface area (Å²) < 4.78 is 5.18. The summed E-state index contributed by atoms with van der Waals surface area (Å²) in [6.45, 7) is 1.77. The highest BCUT2D eigenvalue weighted by atomic mass is 16.3. The first-order valence-electron chi connectivity index (χ1n) is 7.01. The van der Waals surface area contributed by atoms with Crippen LogP contribution in [0.5, 0.6) is 5.75 Å². The number of aromatic amines is 2. The molecule has 122 valence electrons. The smallest absolute Gasteiger partial charge is 0.272 e. The van der Waals surface area contributed by atoms with Crippen LogP contribution in [0.15, 0.2) is 50.4 Å². The van der Waals surface area contributed by atoms with Gasteiger partial charge in [-0.05, 0) is 24.3 Å². The minimum absolute atomic E-state index is 0.202. The van der Waals surface area contributed by atoms with Gasteiger partial charge in [0.15, 0.2) is 11.5 Å². The van der Waals surface area contributed by atoms with Crippen molar-refractivity contribution in [2.24, 2.45) is 0 Å². The van der Waals surface area contributed by atoms with E-state index in [0.717, 1.165) is 5.52 Å². The molecule has 0 saturated carbocycles. The average molecular weight is 326 g/mol. The summed E-state index contributed by atoms with van der Waals surface area (Å²) in [7, 11) is 0. The quantitative estimate of drug-likeness (QED) is 0.362. The number of nitrogens with two attached hydrogens (primary N) is 1. The SMILES string of the molecule is Cc1nc2ccc(O)cc2o1.Nc1cccc2c(=O)[nH][nH]c(=O)c12. The average Bonchev–Trinajstić information content (AvgIpc) is 2.91. The maximum atomic E-state index is 11.2. The summed E-state index contributed by atoms with van der Waals surface area (Å²) >= 11 is 0. The predicted molar refractivity (Wildman–Crippen MR) is 90.0 cm³/mol. The van der Waals surface area contributed by atoms with Crippen molar-refractivity contribution in [3.63, 3.8) is 0 Å². The number of anilines is 1. The van der Waals surface area contributed by atoms with E-state index in [1.807, 2.05) is 0 Å². The van der Waals surface area contributed by atoms with Crippen molar-refractivity contribution >= 4 is 27.6 Å². The Morgan fingerprint density at radius 2 is 1.88 bits per heavy atom. The minimum atomic E-state index is -0.382. The fraction of sp³-hybridized carbons (Fsp3) is 0.0625. The molecule has 0 bridgehead atoms. The van der Waals surface area contributed by atoms with E-state index in [4.69, 9.17) is 15.3 Å². The molecule has 24 heavy (non-hydrogen) atoms. The lowest BCUT2D eigenvalue weighted by Crippen LogP contribution is -2.19. The third-order valence-electron chi connectivity index (χ3n) is 3.34. The number of phenols is 1. The number of H-pyrrole nitrogens is 2. The lowest BCUT2D eigenvalue weighted by Gasteiger charge is -1.97. The lowest BCUT2D eigenvalue weighted by atomic mass is 10.2. The molecule has 0 aliphatic carbocycles. The molecule has 2 heterocycles. The number of nitrogens with zero attached hydrogens (tertiary/aromatic N) is 1. The van der Waals surface area contributed by atoms with E-state index in [1.54, 1.807) is 43.3 Å². The highest BCUT2D eigenvalue weighted by Crippen LogP contribution is 2.19. The van der Waals surface area contributed by atoms with Crippen LogP contribution < -0.4 is 16.9 Å². The largest absolute Gasteiger partial charge is 0.508 e. The zero-order valence-electron chi connectivity index (χ0n) is 12.7. The molecular formula is C16H14N4O4. The molecule has 0 atom stereocenters. The molecule has 4 rings (SSSR count). The molecule has 0 radical (unpaired) electrons. The third kappa shape index (κ3) is 2.84. The van der Waals surface area contributed by atoms with Crippen molar-refractivity contribution in [1.29, 1.82) is 0 Å². The number of aromatic hydroxyl groups is 1. The summed E-state index contributed by atoms with van der Waals surface area (Å²) in [6.07, 6.45) is 0. The highest BCUT2D eigenvalue weighted by Gasteiger charge is 2.04. The zero-order chi connectivity index (χ0) is 17.3. The van der Waals surface area contributed by atoms with Crippen LogP contribution in [-0.2, 0) is 0 Å². The van der Waals surface area contributed by atoms with Crippen molar-refractivity contribution in [3.8, 4) is 5.75 Å². The Kier molecular flexibility index (Phi) is 3.78. The molecule has 0 aliphatic heterocycles. The summed E-state index contributed by atoms with van der Waals surface area (Å²) in [5.74, 6) is 0.819. The van der Waals surface area contributed by atoms with Gasteiger partial charge in [0, 0.05) is 18.7 Å². The normalized spacial score (nSPS) is 10.5. The number of rotatable bonds is 0. The van der Waals surface area contributed by atoms with E-state index in [9.17, 15) is 9.59 Å². The van der Waals surface area contributed by atoms with Gasteiger partial charge in [0.1, 0.15) is 11.3 Å². The van der Waals surface area contributed by atoms with E-state index < -0.39 is 0 Å². The van der Waals surface area contributed by atoms with Gasteiger partial charge < -0.3 is 15.3 Å². The fourth-order valence-electron chi connectivity index (χ4n) is 2.28. The fourth-order valence-corrected chi connectivity index (χ4v) is 2.28. The molecule has 4 aromatic rings. The Morgan fingerprint density at radius 3 is 2.62 bits per heavy atom. The molecule has 0 fully saturated rings. The number of hydrogen-bond donors (Lipinski definition) is 4. The molecule has 2 aromatic carbocycles. The number of phenolic OH excluding ortho intramolecular Hbond substituents is 1. The third-order valence-corrected chi connectivity index (χ3v) is 3.34. The molecule has 8 heteroatoms. The predicted octanol–water partition coefficient (Wildman–Crippen LogP) is 1.64. The van der Waals surface area contributed by atoms with Gasteiger partial charge in [-0.3, -0.25) is 19.8 Å². The number of nitrogen functional groups attached to an aromatic ring is 1. The Labute approximate surface area is 134 Å². The maximum Gasteiger partial charge on any atom is 0.272 e. The minimum Gasteiger partial charge on any atom is -0.508 e. The van der Waals surface area contributed by atoms with Crippen molar-refractivity contribution in [2.45, 2.75) is 6.92 Å². The molecule has 0 aliphatic rings. The second-order valence-corrected chi connectivity index (χ2v) is 5.06. The van der Waals surface area contributed by atoms with Crippen LogP contribution >= 0.6 is 0 Å². The van der Waals surface area contributed by atoms with Crippen molar-refractivity contribution in [1.82, 2.24) is 15.2 Å². The molecule has 2 aromatic heterocycles. The molecule has 5 N–H and O–H groups in total.